The molecule has 0 aromatic carbocycles. The number of carbonyl (C=O) groups is 1. The molecule has 0 heterocycles. The van der Waals surface area contributed by atoms with Crippen LogP contribution in [0.25, 0.3) is 0 Å². The van der Waals surface area contributed by atoms with Gasteiger partial charge in [0.1, 0.15) is 5.25 Å². The maximum absolute atomic E-state index is 11.9. The molecule has 0 aromatic rings. The number of nitrogens with zero attached hydrogens (tertiary/aromatic N) is 1. The Morgan fingerprint density at radius 1 is 1.00 bits per heavy atom. The van der Waals surface area contributed by atoms with Crippen LogP contribution in [0.5, 0.6) is 0 Å². The standard InChI is InChI=1S/C10H21NO3S/c1-7(2)11(8(3)4)10(12)9(5)15(6,13)14/h7-9H,1-6H3/t9-/m1/s1. The van der Waals surface area contributed by atoms with Gasteiger partial charge in [-0.3, -0.25) is 4.79 Å². The first-order valence-electron chi connectivity index (χ1n) is 5.10. The molecular formula is C10H21NO3S. The van der Waals surface area contributed by atoms with E-state index in [0.29, 0.717) is 0 Å². The Hall–Kier alpha value is -0.580. The van der Waals surface area contributed by atoms with Gasteiger partial charge in [-0.15, -0.1) is 0 Å². The Morgan fingerprint density at radius 3 is 1.53 bits per heavy atom. The highest BCUT2D eigenvalue weighted by Gasteiger charge is 2.30. The molecule has 1 amide bonds. The molecule has 15 heavy (non-hydrogen) atoms. The van der Waals surface area contributed by atoms with Gasteiger partial charge in [0.25, 0.3) is 0 Å². The molecule has 4 nitrogen and oxygen atoms in total. The van der Waals surface area contributed by atoms with E-state index in [9.17, 15) is 13.2 Å². The molecule has 0 saturated carbocycles. The van der Waals surface area contributed by atoms with E-state index in [0.717, 1.165) is 6.26 Å². The van der Waals surface area contributed by atoms with Gasteiger partial charge < -0.3 is 4.90 Å². The van der Waals surface area contributed by atoms with Crippen molar-refractivity contribution >= 4 is 15.7 Å². The first kappa shape index (κ1) is 14.4. The van der Waals surface area contributed by atoms with Gasteiger partial charge in [-0.1, -0.05) is 0 Å². The highest BCUT2D eigenvalue weighted by atomic mass is 32.2. The zero-order valence-corrected chi connectivity index (χ0v) is 11.1. The van der Waals surface area contributed by atoms with Gasteiger partial charge in [-0.2, -0.15) is 0 Å². The largest absolute Gasteiger partial charge is 0.337 e. The Morgan fingerprint density at radius 2 is 1.33 bits per heavy atom. The van der Waals surface area contributed by atoms with Crippen LogP contribution in [-0.4, -0.2) is 42.8 Å². The lowest BCUT2D eigenvalue weighted by atomic mass is 10.2. The third kappa shape index (κ3) is 3.81. The van der Waals surface area contributed by atoms with Crippen molar-refractivity contribution < 1.29 is 13.2 Å². The summed E-state index contributed by atoms with van der Waals surface area (Å²) in [5.74, 6) is -0.317. The molecule has 0 aliphatic heterocycles. The van der Waals surface area contributed by atoms with Gasteiger partial charge in [0.05, 0.1) is 0 Å². The molecule has 0 aromatic heterocycles. The van der Waals surface area contributed by atoms with Crippen molar-refractivity contribution in [1.29, 1.82) is 0 Å². The number of sulfone groups is 1. The summed E-state index contributed by atoms with van der Waals surface area (Å²) in [5.41, 5.74) is 0. The minimum Gasteiger partial charge on any atom is -0.337 e. The van der Waals surface area contributed by atoms with Crippen LogP contribution in [0.15, 0.2) is 0 Å². The fourth-order valence-electron chi connectivity index (χ4n) is 1.50. The smallest absolute Gasteiger partial charge is 0.241 e. The normalized spacial score (nSPS) is 14.4. The van der Waals surface area contributed by atoms with E-state index in [4.69, 9.17) is 0 Å². The predicted octanol–water partition coefficient (Wildman–Crippen LogP) is 1.06. The van der Waals surface area contributed by atoms with Crippen molar-refractivity contribution in [3.63, 3.8) is 0 Å². The molecule has 0 fully saturated rings. The fourth-order valence-corrected chi connectivity index (χ4v) is 1.99. The Bertz CT molecular complexity index is 312. The molecular weight excluding hydrogens is 214 g/mol. The summed E-state index contributed by atoms with van der Waals surface area (Å²) in [5, 5.41) is -0.956. The van der Waals surface area contributed by atoms with Crippen LogP contribution >= 0.6 is 0 Å². The molecule has 0 bridgehead atoms. The summed E-state index contributed by atoms with van der Waals surface area (Å²) in [6.45, 7) is 8.97. The third-order valence-electron chi connectivity index (χ3n) is 2.36. The molecule has 0 aliphatic carbocycles. The molecule has 0 unspecified atom stereocenters. The van der Waals surface area contributed by atoms with Crippen LogP contribution < -0.4 is 0 Å². The maximum atomic E-state index is 11.9. The second kappa shape index (κ2) is 4.96. The van der Waals surface area contributed by atoms with Gasteiger partial charge in [0.2, 0.25) is 5.91 Å². The molecule has 0 spiro atoms. The van der Waals surface area contributed by atoms with E-state index in [1.807, 2.05) is 27.7 Å². The minimum absolute atomic E-state index is 0.0155. The minimum atomic E-state index is -3.31. The lowest BCUT2D eigenvalue weighted by molar-refractivity contribution is -0.133. The number of hydrogen-bond donors (Lipinski definition) is 0. The molecule has 0 radical (unpaired) electrons. The highest BCUT2D eigenvalue weighted by molar-refractivity contribution is 7.92. The summed E-state index contributed by atoms with van der Waals surface area (Å²) in [7, 11) is -3.31. The number of hydrogen-bond acceptors (Lipinski definition) is 3. The van der Waals surface area contributed by atoms with Crippen molar-refractivity contribution in [3.05, 3.63) is 0 Å². The second-order valence-electron chi connectivity index (χ2n) is 4.40. The molecule has 0 rings (SSSR count). The van der Waals surface area contributed by atoms with Crippen molar-refractivity contribution in [2.45, 2.75) is 52.0 Å². The zero-order valence-electron chi connectivity index (χ0n) is 10.3. The molecule has 0 N–H and O–H groups in total. The van der Waals surface area contributed by atoms with E-state index >= 15 is 0 Å². The van der Waals surface area contributed by atoms with Crippen molar-refractivity contribution in [2.75, 3.05) is 6.26 Å². The topological polar surface area (TPSA) is 54.5 Å². The number of carbonyl (C=O) groups excluding carboxylic acids is 1. The zero-order chi connectivity index (χ0) is 12.4. The second-order valence-corrected chi connectivity index (χ2v) is 6.77. The Kier molecular flexibility index (Phi) is 4.77. The summed E-state index contributed by atoms with van der Waals surface area (Å²) >= 11 is 0. The Balaban J connectivity index is 4.97. The van der Waals surface area contributed by atoms with Gasteiger partial charge in [-0.05, 0) is 34.6 Å². The SMILES string of the molecule is CC(C)N(C(=O)[C@@H](C)S(C)(=O)=O)C(C)C. The molecule has 0 aliphatic rings. The van der Waals surface area contributed by atoms with Crippen molar-refractivity contribution in [3.8, 4) is 0 Å². The Labute approximate surface area is 92.6 Å². The van der Waals surface area contributed by atoms with Crippen LogP contribution in [0.4, 0.5) is 0 Å². The van der Waals surface area contributed by atoms with E-state index in [2.05, 4.69) is 0 Å². The van der Waals surface area contributed by atoms with Crippen LogP contribution in [0.1, 0.15) is 34.6 Å². The summed E-state index contributed by atoms with van der Waals surface area (Å²) in [6.07, 6.45) is 1.09. The average molecular weight is 235 g/mol. The highest BCUT2D eigenvalue weighted by Crippen LogP contribution is 2.11. The van der Waals surface area contributed by atoms with Crippen LogP contribution in [0.3, 0.4) is 0 Å². The van der Waals surface area contributed by atoms with Crippen LogP contribution in [-0.2, 0) is 14.6 Å². The molecule has 1 atom stereocenters. The van der Waals surface area contributed by atoms with Crippen LogP contribution in [0.2, 0.25) is 0 Å². The van der Waals surface area contributed by atoms with Gasteiger partial charge in [0, 0.05) is 18.3 Å². The third-order valence-corrected chi connectivity index (χ3v) is 3.84. The average Bonchev–Trinajstić information content (AvgIpc) is 1.99. The van der Waals surface area contributed by atoms with Crippen molar-refractivity contribution in [1.82, 2.24) is 4.90 Å². The van der Waals surface area contributed by atoms with Gasteiger partial charge >= 0.3 is 0 Å². The molecule has 5 heteroatoms. The lowest BCUT2D eigenvalue weighted by Crippen LogP contribution is -2.48. The van der Waals surface area contributed by atoms with Gasteiger partial charge in [0.15, 0.2) is 9.84 Å². The molecule has 90 valence electrons. The summed E-state index contributed by atoms with van der Waals surface area (Å²) in [4.78, 5) is 13.5. The summed E-state index contributed by atoms with van der Waals surface area (Å²) in [6, 6.07) is 0.0309. The lowest BCUT2D eigenvalue weighted by Gasteiger charge is -2.32. The molecule has 0 saturated heterocycles. The van der Waals surface area contributed by atoms with E-state index in [1.165, 1.54) is 6.92 Å². The monoisotopic (exact) mass is 235 g/mol. The van der Waals surface area contributed by atoms with E-state index in [1.54, 1.807) is 4.90 Å². The van der Waals surface area contributed by atoms with E-state index in [-0.39, 0.29) is 18.0 Å². The van der Waals surface area contributed by atoms with Crippen LogP contribution in [0, 0.1) is 0 Å². The number of amides is 1. The summed E-state index contributed by atoms with van der Waals surface area (Å²) < 4.78 is 22.5. The number of rotatable bonds is 4. The first-order valence-corrected chi connectivity index (χ1v) is 7.05. The van der Waals surface area contributed by atoms with Gasteiger partial charge in [-0.25, -0.2) is 8.42 Å². The fraction of sp³-hybridized carbons (Fsp3) is 0.900. The predicted molar refractivity (Wildman–Crippen MR) is 61.4 cm³/mol. The quantitative estimate of drug-likeness (QED) is 0.732. The first-order chi connectivity index (χ1) is 6.59. The maximum Gasteiger partial charge on any atom is 0.241 e. The van der Waals surface area contributed by atoms with E-state index < -0.39 is 15.1 Å². The van der Waals surface area contributed by atoms with Crippen molar-refractivity contribution in [2.24, 2.45) is 0 Å².